The smallest absolute Gasteiger partial charge is 1.00 e. The summed E-state index contributed by atoms with van der Waals surface area (Å²) in [6.07, 6.45) is 0. The number of hydrogen-bond acceptors (Lipinski definition) is 0. The van der Waals surface area contributed by atoms with E-state index in [4.69, 9.17) is 0 Å². The van der Waals surface area contributed by atoms with E-state index in [0.29, 0.717) is 0 Å². The van der Waals surface area contributed by atoms with Crippen molar-refractivity contribution in [1.29, 1.82) is 0 Å². The van der Waals surface area contributed by atoms with Crippen molar-refractivity contribution < 1.29 is 319 Å². The molecule has 0 aromatic carbocycles. The van der Waals surface area contributed by atoms with Gasteiger partial charge in [-0.1, -0.05) is 0 Å². The summed E-state index contributed by atoms with van der Waals surface area (Å²) < 4.78 is 0. The van der Waals surface area contributed by atoms with E-state index in [0.717, 1.165) is 0 Å². The molecule has 10 heavy (non-hydrogen) atoms. The normalized spacial score (nSPS) is 0. The first kappa shape index (κ1) is 73.5. The van der Waals surface area contributed by atoms with Crippen molar-refractivity contribution in [3.63, 3.8) is 0 Å². The van der Waals surface area contributed by atoms with Crippen LogP contribution in [0.3, 0.4) is 0 Å². The predicted octanol–water partition coefficient (Wildman–Crippen LogP) is -30.0. The molecule has 0 aliphatic rings. The third-order valence-electron chi connectivity index (χ3n) is 0. The van der Waals surface area contributed by atoms with Crippen LogP contribution in [0, 0.1) is 0 Å². The second-order valence-electron chi connectivity index (χ2n) is 0. The number of rotatable bonds is 0. The molecule has 0 radical (unpaired) electrons. The van der Waals surface area contributed by atoms with Crippen LogP contribution in [0.25, 0.3) is 0 Å². The third kappa shape index (κ3) is 52.6. The van der Waals surface area contributed by atoms with Crippen LogP contribution in [-0.2, 0) is 0 Å². The van der Waals surface area contributed by atoms with Gasteiger partial charge in [0.25, 0.3) is 0 Å². The van der Waals surface area contributed by atoms with E-state index in [-0.39, 0.29) is 319 Å². The molecule has 0 bridgehead atoms. The molecule has 0 saturated carbocycles. The molecule has 0 amide bonds. The molecular weight excluding hydrogens is 373 g/mol. The minimum absolute atomic E-state index is 0. The summed E-state index contributed by atoms with van der Waals surface area (Å²) in [7, 11) is 0. The van der Waals surface area contributed by atoms with Gasteiger partial charge in [-0.3, -0.25) is 0 Å². The Morgan fingerprint density at radius 3 is 0.200 bits per heavy atom. The molecule has 0 aromatic rings. The van der Waals surface area contributed by atoms with E-state index in [2.05, 4.69) is 0 Å². The van der Waals surface area contributed by atoms with Gasteiger partial charge in [-0.05, 0) is 0 Å². The van der Waals surface area contributed by atoms with Gasteiger partial charge in [0.15, 0.2) is 0 Å². The van der Waals surface area contributed by atoms with E-state index in [1.54, 1.807) is 0 Å². The van der Waals surface area contributed by atoms with Crippen molar-refractivity contribution in [2.45, 2.75) is 0 Å². The van der Waals surface area contributed by atoms with Crippen LogP contribution >= 0.6 is 0 Å². The quantitative estimate of drug-likeness (QED) is 0.371. The molecule has 40 valence electrons. The molecule has 0 saturated heterocycles. The Morgan fingerprint density at radius 2 is 0.200 bits per heavy atom. The Bertz CT molecular complexity index is 10.0. The average Bonchev–Trinajstić information content (AvgIpc) is 0. The fourth-order valence-corrected chi connectivity index (χ4v) is 0. The third-order valence-corrected chi connectivity index (χ3v) is 0. The predicted molar refractivity (Wildman–Crippen MR) is 0 cm³/mol. The Hall–Kier alpha value is 9.63. The SMILES string of the molecule is [Cl-].[Cl-].[Cl-].[Cl-].[Cl-].[K+].[K+].[K+].[K+].[K+]. The molecule has 0 heterocycles. The molecule has 0 aromatic heterocycles. The summed E-state index contributed by atoms with van der Waals surface area (Å²) >= 11 is 0. The van der Waals surface area contributed by atoms with Crippen LogP contribution < -0.4 is 319 Å². The number of hydrogen-bond donors (Lipinski definition) is 0. The van der Waals surface area contributed by atoms with Crippen molar-refractivity contribution in [2.75, 3.05) is 0 Å². The summed E-state index contributed by atoms with van der Waals surface area (Å²) in [4.78, 5) is 0. The van der Waals surface area contributed by atoms with Crippen molar-refractivity contribution in [3.05, 3.63) is 0 Å². The zero-order valence-electron chi connectivity index (χ0n) is 6.89. The maximum absolute atomic E-state index is 0. The molecule has 0 atom stereocenters. The molecule has 0 aliphatic carbocycles. The van der Waals surface area contributed by atoms with E-state index < -0.39 is 0 Å². The summed E-state index contributed by atoms with van der Waals surface area (Å²) in [5.74, 6) is 0. The first-order valence-corrected chi connectivity index (χ1v) is 0. The Balaban J connectivity index is 0. The van der Waals surface area contributed by atoms with Crippen molar-refractivity contribution in [2.24, 2.45) is 0 Å². The van der Waals surface area contributed by atoms with Crippen LogP contribution in [0.4, 0.5) is 0 Å². The van der Waals surface area contributed by atoms with Crippen LogP contribution in [0.15, 0.2) is 0 Å². The monoisotopic (exact) mass is 370 g/mol. The van der Waals surface area contributed by atoms with E-state index in [1.807, 2.05) is 0 Å². The Kier molecular flexibility index (Phi) is 459. The molecule has 0 fully saturated rings. The van der Waals surface area contributed by atoms with Crippen LogP contribution in [0.5, 0.6) is 0 Å². The molecule has 0 aliphatic heterocycles. The fraction of sp³-hybridized carbons (Fsp3) is 0. The van der Waals surface area contributed by atoms with Crippen LogP contribution in [-0.4, -0.2) is 0 Å². The zero-order chi connectivity index (χ0) is 0. The van der Waals surface area contributed by atoms with E-state index >= 15 is 0 Å². The topological polar surface area (TPSA) is 0 Å². The van der Waals surface area contributed by atoms with Crippen molar-refractivity contribution in [3.8, 4) is 0 Å². The summed E-state index contributed by atoms with van der Waals surface area (Å²) in [6.45, 7) is 0. The average molecular weight is 373 g/mol. The van der Waals surface area contributed by atoms with Crippen LogP contribution in [0.1, 0.15) is 0 Å². The Labute approximate surface area is 307 Å². The molecule has 10 heteroatoms. The molecular formula is Cl5K5. The maximum atomic E-state index is 0. The first-order valence-electron chi connectivity index (χ1n) is 0. The molecule has 0 nitrogen and oxygen atoms in total. The van der Waals surface area contributed by atoms with Gasteiger partial charge >= 0.3 is 257 Å². The molecule has 0 rings (SSSR count). The van der Waals surface area contributed by atoms with Gasteiger partial charge in [-0.2, -0.15) is 0 Å². The summed E-state index contributed by atoms with van der Waals surface area (Å²) in [6, 6.07) is 0. The summed E-state index contributed by atoms with van der Waals surface area (Å²) in [5, 5.41) is 0. The largest absolute Gasteiger partial charge is 1.00 e. The fourth-order valence-electron chi connectivity index (χ4n) is 0. The van der Waals surface area contributed by atoms with Gasteiger partial charge in [0.2, 0.25) is 0 Å². The standard InChI is InChI=1S/5ClH.5K/h5*1H;;;;;/q;;;;;5*+1/p-5. The van der Waals surface area contributed by atoms with Gasteiger partial charge in [0.1, 0.15) is 0 Å². The maximum Gasteiger partial charge on any atom is 1.00 e. The van der Waals surface area contributed by atoms with Crippen molar-refractivity contribution >= 4 is 0 Å². The van der Waals surface area contributed by atoms with Gasteiger partial charge in [0, 0.05) is 0 Å². The minimum atomic E-state index is 0. The zero-order valence-corrected chi connectivity index (χ0v) is 26.3. The van der Waals surface area contributed by atoms with E-state index in [1.165, 1.54) is 0 Å². The van der Waals surface area contributed by atoms with Gasteiger partial charge in [-0.15, -0.1) is 0 Å². The molecule has 0 N–H and O–H groups in total. The summed E-state index contributed by atoms with van der Waals surface area (Å²) in [5.41, 5.74) is 0. The van der Waals surface area contributed by atoms with Gasteiger partial charge in [-0.25, -0.2) is 0 Å². The Morgan fingerprint density at radius 1 is 0.200 bits per heavy atom. The van der Waals surface area contributed by atoms with Gasteiger partial charge < -0.3 is 62.0 Å². The first-order chi connectivity index (χ1) is 0. The van der Waals surface area contributed by atoms with E-state index in [9.17, 15) is 0 Å². The second-order valence-corrected chi connectivity index (χ2v) is 0. The minimum Gasteiger partial charge on any atom is -1.00 e. The van der Waals surface area contributed by atoms with Crippen molar-refractivity contribution in [1.82, 2.24) is 0 Å². The second kappa shape index (κ2) is 62.4. The van der Waals surface area contributed by atoms with Gasteiger partial charge in [0.05, 0.1) is 0 Å². The molecule has 0 unspecified atom stereocenters. The van der Waals surface area contributed by atoms with Crippen LogP contribution in [0.2, 0.25) is 0 Å². The number of halogens is 5. The molecule has 0 spiro atoms.